The van der Waals surface area contributed by atoms with Gasteiger partial charge in [0, 0.05) is 19.8 Å². The summed E-state index contributed by atoms with van der Waals surface area (Å²) in [6.07, 6.45) is 4.89. The van der Waals surface area contributed by atoms with E-state index in [0.717, 1.165) is 24.9 Å². The van der Waals surface area contributed by atoms with E-state index in [4.69, 9.17) is 4.84 Å². The lowest BCUT2D eigenvalue weighted by molar-refractivity contribution is 0.0455. The van der Waals surface area contributed by atoms with Gasteiger partial charge in [-0.15, -0.1) is 0 Å². The van der Waals surface area contributed by atoms with Gasteiger partial charge in [-0.1, -0.05) is 17.7 Å². The molecule has 2 aromatic heterocycles. The Morgan fingerprint density at radius 1 is 1.21 bits per heavy atom. The second kappa shape index (κ2) is 7.50. The topological polar surface area (TPSA) is 89.4 Å². The van der Waals surface area contributed by atoms with Crippen LogP contribution in [0.1, 0.15) is 18.4 Å². The number of anilines is 1. The number of hydrogen-bond acceptors (Lipinski definition) is 7. The van der Waals surface area contributed by atoms with Gasteiger partial charge in [-0.25, -0.2) is 27.8 Å². The predicted octanol–water partition coefficient (Wildman–Crippen LogP) is 2.10. The van der Waals surface area contributed by atoms with Crippen molar-refractivity contribution in [3.05, 3.63) is 48.4 Å². The van der Waals surface area contributed by atoms with E-state index in [0.29, 0.717) is 23.5 Å². The monoisotopic (exact) mass is 401 g/mol. The highest BCUT2D eigenvalue weighted by atomic mass is 32.2. The van der Waals surface area contributed by atoms with E-state index in [-0.39, 0.29) is 10.9 Å². The van der Waals surface area contributed by atoms with Crippen LogP contribution in [0.3, 0.4) is 0 Å². The van der Waals surface area contributed by atoms with Gasteiger partial charge in [-0.3, -0.25) is 4.84 Å². The molecule has 4 rings (SSSR count). The number of aromatic nitrogens is 3. The number of hydrogen-bond donors (Lipinski definition) is 1. The van der Waals surface area contributed by atoms with Gasteiger partial charge in [0.05, 0.1) is 22.9 Å². The first kappa shape index (κ1) is 18.9. The molecule has 28 heavy (non-hydrogen) atoms. The van der Waals surface area contributed by atoms with E-state index in [9.17, 15) is 8.42 Å². The lowest BCUT2D eigenvalue weighted by Gasteiger charge is -2.27. The summed E-state index contributed by atoms with van der Waals surface area (Å²) in [5.41, 5.74) is 4.29. The van der Waals surface area contributed by atoms with Crippen LogP contribution >= 0.6 is 0 Å². The Labute approximate surface area is 164 Å². The molecule has 148 valence electrons. The van der Waals surface area contributed by atoms with Crippen molar-refractivity contribution in [3.63, 3.8) is 0 Å². The molecule has 0 amide bonds. The molecule has 1 aromatic carbocycles. The lowest BCUT2D eigenvalue weighted by Crippen LogP contribution is -2.36. The van der Waals surface area contributed by atoms with Crippen molar-refractivity contribution in [2.24, 2.45) is 0 Å². The van der Waals surface area contributed by atoms with Crippen LogP contribution in [0.2, 0.25) is 0 Å². The highest BCUT2D eigenvalue weighted by Gasteiger charge is 2.24. The average Bonchev–Trinajstić information content (AvgIpc) is 2.95. The van der Waals surface area contributed by atoms with Gasteiger partial charge in [0.1, 0.15) is 12.1 Å². The molecule has 9 heteroatoms. The largest absolute Gasteiger partial charge is 0.354 e. The number of hydroxylamine groups is 1. The summed E-state index contributed by atoms with van der Waals surface area (Å²) in [5.74, 6) is 0.693. The molecule has 0 spiro atoms. The van der Waals surface area contributed by atoms with Gasteiger partial charge in [-0.05, 0) is 38.0 Å². The van der Waals surface area contributed by atoms with Crippen molar-refractivity contribution < 1.29 is 13.3 Å². The molecule has 1 aliphatic rings. The van der Waals surface area contributed by atoms with E-state index in [1.165, 1.54) is 16.5 Å². The highest BCUT2D eigenvalue weighted by Crippen LogP contribution is 2.28. The normalized spacial score (nSPS) is 18.1. The standard InChI is InChI=1S/C19H23N5O3S/c1-14-5-7-16(8-6-14)28(25,26)24-11-9-17-18(20-13-21-19(17)24)23(2)15-4-3-10-22-27-12-15/h5-9,11,13,15,22H,3-4,10,12H2,1-2H3. The summed E-state index contributed by atoms with van der Waals surface area (Å²) in [5, 5.41) is 0.692. The zero-order valence-corrected chi connectivity index (χ0v) is 16.7. The zero-order chi connectivity index (χ0) is 19.7. The Morgan fingerprint density at radius 2 is 2.00 bits per heavy atom. The van der Waals surface area contributed by atoms with Gasteiger partial charge in [0.15, 0.2) is 5.65 Å². The third kappa shape index (κ3) is 3.36. The van der Waals surface area contributed by atoms with E-state index in [1.807, 2.05) is 18.9 Å². The summed E-state index contributed by atoms with van der Waals surface area (Å²) in [6.45, 7) is 3.27. The van der Waals surface area contributed by atoms with Gasteiger partial charge in [0.2, 0.25) is 0 Å². The molecular weight excluding hydrogens is 378 g/mol. The van der Waals surface area contributed by atoms with Crippen LogP contribution in [0.15, 0.2) is 47.8 Å². The summed E-state index contributed by atoms with van der Waals surface area (Å²) < 4.78 is 27.4. The Kier molecular flexibility index (Phi) is 5.05. The third-order valence-corrected chi connectivity index (χ3v) is 6.76. The molecule has 1 aliphatic heterocycles. The number of fused-ring (bicyclic) bond motifs is 1. The quantitative estimate of drug-likeness (QED) is 0.716. The van der Waals surface area contributed by atoms with Crippen LogP contribution < -0.4 is 10.4 Å². The number of aryl methyl sites for hydroxylation is 1. The molecular formula is C19H23N5O3S. The molecule has 8 nitrogen and oxygen atoms in total. The summed E-state index contributed by atoms with van der Waals surface area (Å²) in [7, 11) is -1.79. The first-order chi connectivity index (χ1) is 13.5. The average molecular weight is 401 g/mol. The molecule has 0 radical (unpaired) electrons. The van der Waals surface area contributed by atoms with Crippen molar-refractivity contribution in [3.8, 4) is 0 Å². The minimum absolute atomic E-state index is 0.144. The fourth-order valence-corrected chi connectivity index (χ4v) is 4.71. The lowest BCUT2D eigenvalue weighted by atomic mass is 10.1. The van der Waals surface area contributed by atoms with E-state index < -0.39 is 10.0 Å². The van der Waals surface area contributed by atoms with Crippen molar-refractivity contribution in [2.45, 2.75) is 30.7 Å². The first-order valence-electron chi connectivity index (χ1n) is 9.20. The van der Waals surface area contributed by atoms with E-state index in [1.54, 1.807) is 30.3 Å². The number of benzene rings is 1. The Hall–Kier alpha value is -2.49. The van der Waals surface area contributed by atoms with Crippen LogP contribution in [-0.4, -0.2) is 48.6 Å². The Bertz CT molecular complexity index is 1070. The summed E-state index contributed by atoms with van der Waals surface area (Å²) >= 11 is 0. The summed E-state index contributed by atoms with van der Waals surface area (Å²) in [6, 6.07) is 8.69. The van der Waals surface area contributed by atoms with Crippen molar-refractivity contribution in [1.82, 2.24) is 19.4 Å². The number of likely N-dealkylation sites (N-methyl/N-ethyl adjacent to an activating group) is 1. The van der Waals surface area contributed by atoms with Crippen LogP contribution in [0, 0.1) is 6.92 Å². The first-order valence-corrected chi connectivity index (χ1v) is 10.6. The smallest absolute Gasteiger partial charge is 0.269 e. The van der Waals surface area contributed by atoms with Crippen molar-refractivity contribution in [2.75, 3.05) is 25.1 Å². The van der Waals surface area contributed by atoms with Gasteiger partial charge in [0.25, 0.3) is 10.0 Å². The molecule has 0 saturated carbocycles. The zero-order valence-electron chi connectivity index (χ0n) is 15.9. The molecule has 3 aromatic rings. The van der Waals surface area contributed by atoms with Crippen LogP contribution in [0.5, 0.6) is 0 Å². The maximum absolute atomic E-state index is 13.1. The fraction of sp³-hybridized carbons (Fsp3) is 0.368. The van der Waals surface area contributed by atoms with Crippen molar-refractivity contribution >= 4 is 26.9 Å². The van der Waals surface area contributed by atoms with Gasteiger partial charge < -0.3 is 4.90 Å². The summed E-state index contributed by atoms with van der Waals surface area (Å²) in [4.78, 5) is 16.4. The minimum Gasteiger partial charge on any atom is -0.354 e. The highest BCUT2D eigenvalue weighted by molar-refractivity contribution is 7.90. The predicted molar refractivity (Wildman–Crippen MR) is 107 cm³/mol. The SMILES string of the molecule is Cc1ccc(S(=O)(=O)n2ccc3c(N(C)C4CCCNOC4)ncnc32)cc1. The second-order valence-corrected chi connectivity index (χ2v) is 8.79. The molecule has 3 heterocycles. The van der Waals surface area contributed by atoms with Crippen LogP contribution in [-0.2, 0) is 14.9 Å². The molecule has 0 aliphatic carbocycles. The molecule has 1 saturated heterocycles. The minimum atomic E-state index is -3.74. The number of rotatable bonds is 4. The van der Waals surface area contributed by atoms with Gasteiger partial charge in [-0.2, -0.15) is 0 Å². The Balaban J connectivity index is 1.75. The fourth-order valence-electron chi connectivity index (χ4n) is 3.41. The van der Waals surface area contributed by atoms with E-state index in [2.05, 4.69) is 15.4 Å². The number of nitrogens with one attached hydrogen (secondary N) is 1. The maximum atomic E-state index is 13.1. The van der Waals surface area contributed by atoms with Crippen LogP contribution in [0.4, 0.5) is 5.82 Å². The maximum Gasteiger partial charge on any atom is 0.269 e. The molecule has 1 unspecified atom stereocenters. The molecule has 0 bridgehead atoms. The van der Waals surface area contributed by atoms with Crippen LogP contribution in [0.25, 0.3) is 11.0 Å². The van der Waals surface area contributed by atoms with Crippen molar-refractivity contribution in [1.29, 1.82) is 0 Å². The molecule has 1 fully saturated rings. The number of nitrogens with zero attached hydrogens (tertiary/aromatic N) is 4. The van der Waals surface area contributed by atoms with E-state index >= 15 is 0 Å². The Morgan fingerprint density at radius 3 is 2.79 bits per heavy atom. The molecule has 1 atom stereocenters. The second-order valence-electron chi connectivity index (χ2n) is 6.98. The van der Waals surface area contributed by atoms with Gasteiger partial charge >= 0.3 is 0 Å². The molecule has 1 N–H and O–H groups in total. The third-order valence-electron chi connectivity index (χ3n) is 5.08.